The Morgan fingerprint density at radius 1 is 1.56 bits per heavy atom. The molecular weight excluding hydrogens is 234 g/mol. The van der Waals surface area contributed by atoms with Gasteiger partial charge in [-0.25, -0.2) is 4.79 Å². The number of nitriles is 1. The Morgan fingerprint density at radius 2 is 2.28 bits per heavy atom. The lowest BCUT2D eigenvalue weighted by molar-refractivity contribution is -0.140. The standard InChI is InChI=1S/C12H13N3O3/c1-8(5-6-13)10(12(17)18)15-11(16)9-4-2-3-7-14-9/h2-4,7-8,10H,5H2,1H3,(H,15,16)(H,17,18)/t8-,10-/m0/s1. The Hall–Kier alpha value is -2.42. The first kappa shape index (κ1) is 13.6. The summed E-state index contributed by atoms with van der Waals surface area (Å²) in [6.45, 7) is 1.60. The minimum atomic E-state index is -1.16. The van der Waals surface area contributed by atoms with Gasteiger partial charge in [0.1, 0.15) is 11.7 Å². The molecule has 18 heavy (non-hydrogen) atoms. The fraction of sp³-hybridized carbons (Fsp3) is 0.333. The molecule has 0 aliphatic heterocycles. The molecule has 2 atom stereocenters. The molecule has 0 aliphatic rings. The maximum atomic E-state index is 11.7. The molecule has 0 aromatic carbocycles. The number of pyridine rings is 1. The highest BCUT2D eigenvalue weighted by Gasteiger charge is 2.26. The average molecular weight is 247 g/mol. The highest BCUT2D eigenvalue weighted by molar-refractivity contribution is 5.94. The van der Waals surface area contributed by atoms with Crippen LogP contribution in [0.25, 0.3) is 0 Å². The van der Waals surface area contributed by atoms with Crippen LogP contribution in [0.3, 0.4) is 0 Å². The van der Waals surface area contributed by atoms with Crippen LogP contribution in [-0.2, 0) is 4.79 Å². The van der Waals surface area contributed by atoms with E-state index in [-0.39, 0.29) is 12.1 Å². The molecule has 1 amide bonds. The van der Waals surface area contributed by atoms with Gasteiger partial charge in [-0.2, -0.15) is 5.26 Å². The SMILES string of the molecule is C[C@@H](CC#N)[C@H](NC(=O)c1ccccn1)C(=O)O. The third kappa shape index (κ3) is 3.56. The normalized spacial score (nSPS) is 13.1. The minimum absolute atomic E-state index is 0.0550. The third-order valence-electron chi connectivity index (χ3n) is 2.43. The van der Waals surface area contributed by atoms with E-state index in [0.29, 0.717) is 0 Å². The number of hydrogen-bond acceptors (Lipinski definition) is 4. The Kier molecular flexibility index (Phi) is 4.81. The first-order valence-corrected chi connectivity index (χ1v) is 5.38. The predicted octanol–water partition coefficient (Wildman–Crippen LogP) is 0.814. The summed E-state index contributed by atoms with van der Waals surface area (Å²) in [4.78, 5) is 26.6. The number of carboxylic acids is 1. The second-order valence-corrected chi connectivity index (χ2v) is 3.84. The van der Waals surface area contributed by atoms with E-state index < -0.39 is 23.8 Å². The Labute approximate surface area is 104 Å². The number of carbonyl (C=O) groups is 2. The Balaban J connectivity index is 2.77. The first-order chi connectivity index (χ1) is 8.56. The van der Waals surface area contributed by atoms with Crippen LogP contribution in [0.2, 0.25) is 0 Å². The van der Waals surface area contributed by atoms with Crippen molar-refractivity contribution in [1.29, 1.82) is 5.26 Å². The molecule has 0 saturated carbocycles. The second-order valence-electron chi connectivity index (χ2n) is 3.84. The summed E-state index contributed by atoms with van der Waals surface area (Å²) >= 11 is 0. The summed E-state index contributed by atoms with van der Waals surface area (Å²) in [7, 11) is 0. The highest BCUT2D eigenvalue weighted by atomic mass is 16.4. The van der Waals surface area contributed by atoms with Crippen LogP contribution >= 0.6 is 0 Å². The highest BCUT2D eigenvalue weighted by Crippen LogP contribution is 2.08. The molecule has 2 N–H and O–H groups in total. The number of carboxylic acid groups (broad SMARTS) is 1. The summed E-state index contributed by atoms with van der Waals surface area (Å²) in [5, 5.41) is 19.9. The van der Waals surface area contributed by atoms with Crippen LogP contribution in [0.1, 0.15) is 23.8 Å². The zero-order valence-electron chi connectivity index (χ0n) is 9.83. The van der Waals surface area contributed by atoms with Gasteiger partial charge in [-0.3, -0.25) is 9.78 Å². The molecule has 0 unspecified atom stereocenters. The Morgan fingerprint density at radius 3 is 2.78 bits per heavy atom. The van der Waals surface area contributed by atoms with Crippen molar-refractivity contribution < 1.29 is 14.7 Å². The van der Waals surface area contributed by atoms with Gasteiger partial charge in [-0.15, -0.1) is 0 Å². The zero-order chi connectivity index (χ0) is 13.5. The summed E-state index contributed by atoms with van der Waals surface area (Å²) in [6.07, 6.45) is 1.50. The van der Waals surface area contributed by atoms with Gasteiger partial charge >= 0.3 is 5.97 Å². The van der Waals surface area contributed by atoms with E-state index in [0.717, 1.165) is 0 Å². The van der Waals surface area contributed by atoms with Gasteiger partial charge in [-0.05, 0) is 12.1 Å². The van der Waals surface area contributed by atoms with E-state index in [9.17, 15) is 9.59 Å². The summed E-state index contributed by atoms with van der Waals surface area (Å²) in [5.41, 5.74) is 0.146. The number of rotatable bonds is 5. The van der Waals surface area contributed by atoms with Crippen molar-refractivity contribution in [3.8, 4) is 6.07 Å². The lowest BCUT2D eigenvalue weighted by Gasteiger charge is -2.18. The Bertz CT molecular complexity index is 467. The third-order valence-corrected chi connectivity index (χ3v) is 2.43. The van der Waals surface area contributed by atoms with E-state index in [1.807, 2.05) is 6.07 Å². The van der Waals surface area contributed by atoms with E-state index in [1.54, 1.807) is 19.1 Å². The molecule has 0 saturated heterocycles. The quantitative estimate of drug-likeness (QED) is 0.801. The van der Waals surface area contributed by atoms with Crippen LogP contribution in [0.5, 0.6) is 0 Å². The molecule has 0 radical (unpaired) electrons. The van der Waals surface area contributed by atoms with Crippen molar-refractivity contribution >= 4 is 11.9 Å². The maximum Gasteiger partial charge on any atom is 0.326 e. The van der Waals surface area contributed by atoms with E-state index >= 15 is 0 Å². The van der Waals surface area contributed by atoms with Gasteiger partial charge in [0.2, 0.25) is 0 Å². The number of nitrogens with zero attached hydrogens (tertiary/aromatic N) is 2. The molecule has 94 valence electrons. The van der Waals surface area contributed by atoms with E-state index in [2.05, 4.69) is 10.3 Å². The first-order valence-electron chi connectivity index (χ1n) is 5.38. The molecule has 0 aliphatic carbocycles. The number of aromatic nitrogens is 1. The number of amides is 1. The van der Waals surface area contributed by atoms with Crippen LogP contribution in [0, 0.1) is 17.2 Å². The monoisotopic (exact) mass is 247 g/mol. The lowest BCUT2D eigenvalue weighted by Crippen LogP contribution is -2.45. The van der Waals surface area contributed by atoms with Gasteiger partial charge < -0.3 is 10.4 Å². The van der Waals surface area contributed by atoms with Gasteiger partial charge in [0.15, 0.2) is 0 Å². The molecule has 6 nitrogen and oxygen atoms in total. The lowest BCUT2D eigenvalue weighted by atomic mass is 9.99. The van der Waals surface area contributed by atoms with Crippen molar-refractivity contribution in [3.05, 3.63) is 30.1 Å². The molecule has 1 aromatic heterocycles. The summed E-state index contributed by atoms with van der Waals surface area (Å²) in [5.74, 6) is -2.20. The molecule has 0 bridgehead atoms. The summed E-state index contributed by atoms with van der Waals surface area (Å²) < 4.78 is 0. The fourth-order valence-corrected chi connectivity index (χ4v) is 1.42. The van der Waals surface area contributed by atoms with E-state index in [1.165, 1.54) is 12.3 Å². The van der Waals surface area contributed by atoms with Gasteiger partial charge in [0, 0.05) is 18.5 Å². The minimum Gasteiger partial charge on any atom is -0.480 e. The molecule has 0 fully saturated rings. The van der Waals surface area contributed by atoms with Crippen molar-refractivity contribution in [2.75, 3.05) is 0 Å². The molecule has 0 spiro atoms. The molecule has 1 rings (SSSR count). The smallest absolute Gasteiger partial charge is 0.326 e. The average Bonchev–Trinajstić information content (AvgIpc) is 2.36. The fourth-order valence-electron chi connectivity index (χ4n) is 1.42. The summed E-state index contributed by atoms with van der Waals surface area (Å²) in [6, 6.07) is 5.57. The largest absolute Gasteiger partial charge is 0.480 e. The van der Waals surface area contributed by atoms with Crippen LogP contribution in [-0.4, -0.2) is 28.0 Å². The van der Waals surface area contributed by atoms with Gasteiger partial charge in [-0.1, -0.05) is 13.0 Å². The van der Waals surface area contributed by atoms with Crippen molar-refractivity contribution in [3.63, 3.8) is 0 Å². The van der Waals surface area contributed by atoms with Crippen molar-refractivity contribution in [1.82, 2.24) is 10.3 Å². The second kappa shape index (κ2) is 6.35. The van der Waals surface area contributed by atoms with Crippen LogP contribution in [0.15, 0.2) is 24.4 Å². The number of carbonyl (C=O) groups excluding carboxylic acids is 1. The molecule has 6 heteroatoms. The van der Waals surface area contributed by atoms with Crippen LogP contribution < -0.4 is 5.32 Å². The number of aliphatic carboxylic acids is 1. The topological polar surface area (TPSA) is 103 Å². The molecule has 1 heterocycles. The van der Waals surface area contributed by atoms with Gasteiger partial charge in [0.25, 0.3) is 5.91 Å². The van der Waals surface area contributed by atoms with Crippen molar-refractivity contribution in [2.45, 2.75) is 19.4 Å². The van der Waals surface area contributed by atoms with Gasteiger partial charge in [0.05, 0.1) is 6.07 Å². The predicted molar refractivity (Wildman–Crippen MR) is 62.5 cm³/mol. The molecular formula is C12H13N3O3. The maximum absolute atomic E-state index is 11.7. The van der Waals surface area contributed by atoms with Crippen LogP contribution in [0.4, 0.5) is 0 Å². The van der Waals surface area contributed by atoms with Crippen molar-refractivity contribution in [2.24, 2.45) is 5.92 Å². The number of nitrogens with one attached hydrogen (secondary N) is 1. The molecule has 1 aromatic rings. The zero-order valence-corrected chi connectivity index (χ0v) is 9.83. The van der Waals surface area contributed by atoms with E-state index in [4.69, 9.17) is 10.4 Å². The number of hydrogen-bond donors (Lipinski definition) is 2.